The minimum Gasteiger partial charge on any atom is -0.459 e. The molecule has 196 valence electrons. The van der Waals surface area contributed by atoms with Crippen molar-refractivity contribution in [2.45, 2.75) is 19.3 Å². The second-order valence-corrected chi connectivity index (χ2v) is 8.74. The van der Waals surface area contributed by atoms with Gasteiger partial charge in [-0.25, -0.2) is 0 Å². The molecule has 0 heterocycles. The summed E-state index contributed by atoms with van der Waals surface area (Å²) >= 11 is 3.33. The zero-order chi connectivity index (χ0) is 27.5. The molecule has 0 unspecified atom stereocenters. The summed E-state index contributed by atoms with van der Waals surface area (Å²) in [7, 11) is 0. The Morgan fingerprint density at radius 1 is 0.921 bits per heavy atom. The topological polar surface area (TPSA) is 166 Å². The van der Waals surface area contributed by atoms with Crippen LogP contribution in [-0.2, 0) is 14.3 Å². The lowest BCUT2D eigenvalue weighted by atomic mass is 10.1. The quantitative estimate of drug-likeness (QED) is 0.123. The summed E-state index contributed by atoms with van der Waals surface area (Å²) in [5, 5.41) is 29.3. The Labute approximate surface area is 225 Å². The van der Waals surface area contributed by atoms with Gasteiger partial charge < -0.3 is 10.1 Å². The van der Waals surface area contributed by atoms with E-state index < -0.39 is 27.2 Å². The van der Waals surface area contributed by atoms with Crippen LogP contribution < -0.4 is 10.7 Å². The van der Waals surface area contributed by atoms with Gasteiger partial charge in [-0.2, -0.15) is 5.10 Å². The molecule has 0 fully saturated rings. The number of hydrogen-bond donors (Lipinski definition) is 2. The number of carbonyl (C=O) groups excluding carboxylic acids is 2. The zero-order valence-corrected chi connectivity index (χ0v) is 21.4. The maximum Gasteiger partial charge on any atom is 0.306 e. The first-order valence-corrected chi connectivity index (χ1v) is 12.0. The highest BCUT2D eigenvalue weighted by Gasteiger charge is 2.20. The standard InChI is InChI=1S/C25H22BrN5O7/c26-18-11-9-17(10-12-18)22(29-28-21-14-13-20(30(34)35)15-23(21)31(36)37)16-38-25(33)8-4-7-24(32)27-19-5-2-1-3-6-19/h1-3,5-6,9-15,28H,4,7-8,16H2,(H,27,32)/b29-22-. The number of halogens is 1. The lowest BCUT2D eigenvalue weighted by molar-refractivity contribution is -0.393. The monoisotopic (exact) mass is 583 g/mol. The second kappa shape index (κ2) is 13.6. The molecule has 38 heavy (non-hydrogen) atoms. The van der Waals surface area contributed by atoms with Crippen molar-refractivity contribution in [1.82, 2.24) is 0 Å². The Kier molecular flexibility index (Phi) is 10.00. The minimum atomic E-state index is -0.766. The maximum absolute atomic E-state index is 12.3. The highest BCUT2D eigenvalue weighted by atomic mass is 79.9. The number of amides is 1. The number of anilines is 2. The SMILES string of the molecule is O=C(CCCC(=O)OC/C(=N/Nc1ccc([N+](=O)[O-])cc1[N+](=O)[O-])c1ccc(Br)cc1)Nc1ccccc1. The number of rotatable bonds is 12. The Hall–Kier alpha value is -4.65. The van der Waals surface area contributed by atoms with Crippen LogP contribution in [0.5, 0.6) is 0 Å². The van der Waals surface area contributed by atoms with E-state index in [1.165, 1.54) is 6.07 Å². The van der Waals surface area contributed by atoms with E-state index in [1.807, 2.05) is 6.07 Å². The van der Waals surface area contributed by atoms with Gasteiger partial charge in [-0.1, -0.05) is 46.3 Å². The molecule has 12 nitrogen and oxygen atoms in total. The van der Waals surface area contributed by atoms with Crippen molar-refractivity contribution >= 4 is 56.3 Å². The number of non-ortho nitro benzene ring substituents is 1. The number of benzene rings is 3. The number of nitro groups is 2. The number of para-hydroxylation sites is 1. The van der Waals surface area contributed by atoms with E-state index in [0.29, 0.717) is 11.3 Å². The number of ether oxygens (including phenoxy) is 1. The van der Waals surface area contributed by atoms with E-state index in [0.717, 1.165) is 16.6 Å². The van der Waals surface area contributed by atoms with Gasteiger partial charge in [0.05, 0.1) is 15.9 Å². The van der Waals surface area contributed by atoms with Crippen molar-refractivity contribution < 1.29 is 24.2 Å². The second-order valence-electron chi connectivity index (χ2n) is 7.82. The lowest BCUT2D eigenvalue weighted by Gasteiger charge is -2.10. The van der Waals surface area contributed by atoms with E-state index in [-0.39, 0.29) is 43.2 Å². The molecule has 0 radical (unpaired) electrons. The number of carbonyl (C=O) groups is 2. The third-order valence-corrected chi connectivity index (χ3v) is 5.62. The van der Waals surface area contributed by atoms with Gasteiger partial charge in [-0.05, 0) is 36.8 Å². The molecule has 0 saturated carbocycles. The van der Waals surface area contributed by atoms with Gasteiger partial charge in [0.15, 0.2) is 0 Å². The molecule has 0 atom stereocenters. The van der Waals surface area contributed by atoms with Crippen molar-refractivity contribution in [2.24, 2.45) is 5.10 Å². The Balaban J connectivity index is 1.64. The van der Waals surface area contributed by atoms with Crippen molar-refractivity contribution in [3.8, 4) is 0 Å². The molecule has 2 N–H and O–H groups in total. The molecule has 3 aromatic rings. The molecular weight excluding hydrogens is 562 g/mol. The summed E-state index contributed by atoms with van der Waals surface area (Å²) in [6.45, 7) is -0.259. The molecular formula is C25H22BrN5O7. The van der Waals surface area contributed by atoms with Gasteiger partial charge in [0.1, 0.15) is 18.0 Å². The van der Waals surface area contributed by atoms with Crippen LogP contribution in [0.2, 0.25) is 0 Å². The van der Waals surface area contributed by atoms with Crippen molar-refractivity contribution in [1.29, 1.82) is 0 Å². The molecule has 0 spiro atoms. The fraction of sp³-hybridized carbons (Fsp3) is 0.160. The largest absolute Gasteiger partial charge is 0.459 e. The summed E-state index contributed by atoms with van der Waals surface area (Å²) < 4.78 is 6.13. The first-order valence-electron chi connectivity index (χ1n) is 11.2. The number of nitrogens with one attached hydrogen (secondary N) is 2. The van der Waals surface area contributed by atoms with Crippen LogP contribution in [0.25, 0.3) is 0 Å². The van der Waals surface area contributed by atoms with Crippen LogP contribution >= 0.6 is 15.9 Å². The molecule has 0 aromatic heterocycles. The van der Waals surface area contributed by atoms with Gasteiger partial charge in [-0.15, -0.1) is 0 Å². The highest BCUT2D eigenvalue weighted by Crippen LogP contribution is 2.29. The maximum atomic E-state index is 12.3. The van der Waals surface area contributed by atoms with Crippen LogP contribution in [0.3, 0.4) is 0 Å². The first-order chi connectivity index (χ1) is 18.2. The van der Waals surface area contributed by atoms with Gasteiger partial charge >= 0.3 is 11.7 Å². The Morgan fingerprint density at radius 3 is 2.29 bits per heavy atom. The van der Waals surface area contributed by atoms with Crippen LogP contribution in [0, 0.1) is 20.2 Å². The third-order valence-electron chi connectivity index (χ3n) is 5.09. The van der Waals surface area contributed by atoms with Crippen LogP contribution in [-0.4, -0.2) is 34.0 Å². The predicted octanol–water partition coefficient (Wildman–Crippen LogP) is 5.43. The summed E-state index contributed by atoms with van der Waals surface area (Å²) in [5.41, 5.74) is 2.97. The van der Waals surface area contributed by atoms with E-state index in [4.69, 9.17) is 4.74 Å². The molecule has 3 aromatic carbocycles. The summed E-state index contributed by atoms with van der Waals surface area (Å²) in [6.07, 6.45) is 0.398. The molecule has 13 heteroatoms. The fourth-order valence-electron chi connectivity index (χ4n) is 3.19. The Bertz CT molecular complexity index is 1350. The van der Waals surface area contributed by atoms with Crippen molar-refractivity contribution in [2.75, 3.05) is 17.3 Å². The van der Waals surface area contributed by atoms with Crippen LogP contribution in [0.1, 0.15) is 24.8 Å². The number of hydrogen-bond acceptors (Lipinski definition) is 9. The molecule has 0 aliphatic carbocycles. The average molecular weight is 584 g/mol. The minimum absolute atomic E-state index is 0.00290. The van der Waals surface area contributed by atoms with Crippen molar-refractivity contribution in [3.05, 3.63) is 103 Å². The van der Waals surface area contributed by atoms with E-state index in [9.17, 15) is 29.8 Å². The van der Waals surface area contributed by atoms with Gasteiger partial charge in [0.2, 0.25) is 5.91 Å². The number of esters is 1. The molecule has 3 rings (SSSR count). The van der Waals surface area contributed by atoms with E-state index in [2.05, 4.69) is 31.8 Å². The third kappa shape index (κ3) is 8.48. The van der Waals surface area contributed by atoms with E-state index >= 15 is 0 Å². The van der Waals surface area contributed by atoms with E-state index in [1.54, 1.807) is 48.5 Å². The molecule has 0 aliphatic rings. The molecule has 1 amide bonds. The smallest absolute Gasteiger partial charge is 0.306 e. The number of nitrogens with zero attached hydrogens (tertiary/aromatic N) is 3. The lowest BCUT2D eigenvalue weighted by Crippen LogP contribution is -2.17. The Morgan fingerprint density at radius 2 is 1.63 bits per heavy atom. The summed E-state index contributed by atoms with van der Waals surface area (Å²) in [6, 6.07) is 18.9. The van der Waals surface area contributed by atoms with Gasteiger partial charge in [0.25, 0.3) is 5.69 Å². The van der Waals surface area contributed by atoms with Crippen LogP contribution in [0.4, 0.5) is 22.7 Å². The average Bonchev–Trinajstić information content (AvgIpc) is 2.89. The zero-order valence-electron chi connectivity index (χ0n) is 19.8. The number of nitro benzene ring substituents is 2. The van der Waals surface area contributed by atoms with Gasteiger partial charge in [0, 0.05) is 34.6 Å². The summed E-state index contributed by atoms with van der Waals surface area (Å²) in [5.74, 6) is -0.779. The molecule has 0 saturated heterocycles. The summed E-state index contributed by atoms with van der Waals surface area (Å²) in [4.78, 5) is 45.2. The molecule has 0 aliphatic heterocycles. The fourth-order valence-corrected chi connectivity index (χ4v) is 3.45. The highest BCUT2D eigenvalue weighted by molar-refractivity contribution is 9.10. The van der Waals surface area contributed by atoms with Crippen LogP contribution in [0.15, 0.2) is 82.4 Å². The first kappa shape index (κ1) is 27.9. The van der Waals surface area contributed by atoms with Crippen molar-refractivity contribution in [3.63, 3.8) is 0 Å². The predicted molar refractivity (Wildman–Crippen MR) is 144 cm³/mol. The van der Waals surface area contributed by atoms with Gasteiger partial charge in [-0.3, -0.25) is 35.2 Å². The molecule has 0 bridgehead atoms. The number of hydrazone groups is 1. The normalized spacial score (nSPS) is 10.9.